The molecule has 11 heavy (non-hydrogen) atoms. The van der Waals surface area contributed by atoms with Gasteiger partial charge in [0.1, 0.15) is 0 Å². The van der Waals surface area contributed by atoms with Gasteiger partial charge in [0.25, 0.3) is 0 Å². The summed E-state index contributed by atoms with van der Waals surface area (Å²) in [7, 11) is 0. The Morgan fingerprint density at radius 2 is 2.18 bits per heavy atom. The van der Waals surface area contributed by atoms with E-state index in [0.717, 1.165) is 12.8 Å². The van der Waals surface area contributed by atoms with Crippen molar-refractivity contribution < 1.29 is 0 Å². The van der Waals surface area contributed by atoms with Gasteiger partial charge in [-0.3, -0.25) is 0 Å². The SMILES string of the molecule is CCC1=CC(Br)=CC=C(C)C1. The average molecular weight is 213 g/mol. The lowest BCUT2D eigenvalue weighted by Gasteiger charge is -2.01. The third kappa shape index (κ3) is 2.66. The van der Waals surface area contributed by atoms with Gasteiger partial charge in [0.05, 0.1) is 0 Å². The quantitative estimate of drug-likeness (QED) is 0.618. The summed E-state index contributed by atoms with van der Waals surface area (Å²) in [6.45, 7) is 4.37. The molecule has 0 nitrogen and oxygen atoms in total. The summed E-state index contributed by atoms with van der Waals surface area (Å²) in [5, 5.41) is 0. The van der Waals surface area contributed by atoms with Gasteiger partial charge in [0.2, 0.25) is 0 Å². The van der Waals surface area contributed by atoms with Crippen molar-refractivity contribution in [1.29, 1.82) is 0 Å². The molecule has 0 aromatic carbocycles. The number of allylic oxidation sites excluding steroid dienone is 6. The molecular formula is C10H13Br. The summed E-state index contributed by atoms with van der Waals surface area (Å²) < 4.78 is 1.19. The molecule has 60 valence electrons. The summed E-state index contributed by atoms with van der Waals surface area (Å²) in [4.78, 5) is 0. The summed E-state index contributed by atoms with van der Waals surface area (Å²) in [6.07, 6.45) is 8.77. The molecule has 0 fully saturated rings. The van der Waals surface area contributed by atoms with Gasteiger partial charge in [-0.25, -0.2) is 0 Å². The second-order valence-corrected chi connectivity index (χ2v) is 3.81. The van der Waals surface area contributed by atoms with Gasteiger partial charge in [-0.1, -0.05) is 40.1 Å². The van der Waals surface area contributed by atoms with Gasteiger partial charge in [-0.05, 0) is 31.9 Å². The van der Waals surface area contributed by atoms with Crippen LogP contribution >= 0.6 is 15.9 Å². The zero-order chi connectivity index (χ0) is 8.27. The molecular weight excluding hydrogens is 200 g/mol. The van der Waals surface area contributed by atoms with Crippen LogP contribution in [0.4, 0.5) is 0 Å². The van der Waals surface area contributed by atoms with Gasteiger partial charge < -0.3 is 0 Å². The second-order valence-electron chi connectivity index (χ2n) is 2.90. The molecule has 0 saturated carbocycles. The van der Waals surface area contributed by atoms with E-state index < -0.39 is 0 Å². The smallest absolute Gasteiger partial charge is 0.0174 e. The average Bonchev–Trinajstić information content (AvgIpc) is 2.13. The molecule has 1 aliphatic carbocycles. The fourth-order valence-electron chi connectivity index (χ4n) is 1.16. The van der Waals surface area contributed by atoms with E-state index >= 15 is 0 Å². The standard InChI is InChI=1S/C10H13Br/c1-3-9-6-8(2)4-5-10(11)7-9/h4-5,7H,3,6H2,1-2H3. The first-order chi connectivity index (χ1) is 5.22. The molecule has 0 aromatic heterocycles. The van der Waals surface area contributed by atoms with E-state index in [2.05, 4.69) is 48.0 Å². The molecule has 0 bridgehead atoms. The predicted octanol–water partition coefficient (Wildman–Crippen LogP) is 3.95. The Bertz CT molecular complexity index is 231. The Labute approximate surface area is 76.8 Å². The van der Waals surface area contributed by atoms with E-state index in [4.69, 9.17) is 0 Å². The molecule has 0 amide bonds. The Morgan fingerprint density at radius 3 is 2.82 bits per heavy atom. The van der Waals surface area contributed by atoms with Gasteiger partial charge in [0, 0.05) is 4.48 Å². The van der Waals surface area contributed by atoms with Gasteiger partial charge in [-0.15, -0.1) is 0 Å². The Kier molecular flexibility index (Phi) is 3.13. The van der Waals surface area contributed by atoms with Crippen molar-refractivity contribution >= 4 is 15.9 Å². The minimum Gasteiger partial charge on any atom is -0.0692 e. The molecule has 0 aromatic rings. The molecule has 0 heterocycles. The van der Waals surface area contributed by atoms with Crippen molar-refractivity contribution in [3.8, 4) is 0 Å². The number of hydrogen-bond donors (Lipinski definition) is 0. The highest BCUT2D eigenvalue weighted by Crippen LogP contribution is 2.22. The van der Waals surface area contributed by atoms with E-state index in [-0.39, 0.29) is 0 Å². The highest BCUT2D eigenvalue weighted by molar-refractivity contribution is 9.11. The summed E-state index contributed by atoms with van der Waals surface area (Å²) in [6, 6.07) is 0. The lowest BCUT2D eigenvalue weighted by atomic mass is 10.1. The number of halogens is 1. The third-order valence-corrected chi connectivity index (χ3v) is 2.32. The van der Waals surface area contributed by atoms with E-state index in [1.165, 1.54) is 15.6 Å². The van der Waals surface area contributed by atoms with Crippen LogP contribution in [0.25, 0.3) is 0 Å². The molecule has 0 unspecified atom stereocenters. The van der Waals surface area contributed by atoms with Gasteiger partial charge >= 0.3 is 0 Å². The molecule has 0 atom stereocenters. The fraction of sp³-hybridized carbons (Fsp3) is 0.400. The molecule has 1 aliphatic rings. The molecule has 1 heteroatoms. The highest BCUT2D eigenvalue weighted by Gasteiger charge is 2.00. The predicted molar refractivity (Wildman–Crippen MR) is 53.8 cm³/mol. The van der Waals surface area contributed by atoms with E-state index in [1.807, 2.05) is 0 Å². The summed E-state index contributed by atoms with van der Waals surface area (Å²) >= 11 is 3.49. The molecule has 0 radical (unpaired) electrons. The minimum atomic E-state index is 1.13. The zero-order valence-electron chi connectivity index (χ0n) is 7.02. The summed E-state index contributed by atoms with van der Waals surface area (Å²) in [5.41, 5.74) is 2.94. The minimum absolute atomic E-state index is 1.13. The maximum absolute atomic E-state index is 3.49. The molecule has 0 N–H and O–H groups in total. The first-order valence-corrected chi connectivity index (χ1v) is 4.74. The lowest BCUT2D eigenvalue weighted by molar-refractivity contribution is 0.993. The van der Waals surface area contributed by atoms with E-state index in [1.54, 1.807) is 0 Å². The van der Waals surface area contributed by atoms with Crippen LogP contribution in [0.2, 0.25) is 0 Å². The van der Waals surface area contributed by atoms with Crippen LogP contribution in [0.15, 0.2) is 33.9 Å². The number of rotatable bonds is 1. The number of hydrogen-bond acceptors (Lipinski definition) is 0. The Balaban J connectivity index is 2.86. The fourth-order valence-corrected chi connectivity index (χ4v) is 1.62. The lowest BCUT2D eigenvalue weighted by Crippen LogP contribution is -1.81. The van der Waals surface area contributed by atoms with Crippen molar-refractivity contribution in [2.45, 2.75) is 26.7 Å². The topological polar surface area (TPSA) is 0 Å². The Morgan fingerprint density at radius 1 is 1.45 bits per heavy atom. The molecule has 0 aliphatic heterocycles. The first kappa shape index (κ1) is 8.79. The normalized spacial score (nSPS) is 18.3. The van der Waals surface area contributed by atoms with Crippen molar-refractivity contribution in [2.24, 2.45) is 0 Å². The van der Waals surface area contributed by atoms with Crippen LogP contribution in [0.3, 0.4) is 0 Å². The highest BCUT2D eigenvalue weighted by atomic mass is 79.9. The monoisotopic (exact) mass is 212 g/mol. The van der Waals surface area contributed by atoms with Gasteiger partial charge in [-0.2, -0.15) is 0 Å². The third-order valence-electron chi connectivity index (χ3n) is 1.83. The van der Waals surface area contributed by atoms with Crippen LogP contribution in [0.1, 0.15) is 26.7 Å². The van der Waals surface area contributed by atoms with Crippen molar-refractivity contribution in [3.63, 3.8) is 0 Å². The van der Waals surface area contributed by atoms with E-state index in [9.17, 15) is 0 Å². The van der Waals surface area contributed by atoms with Crippen LogP contribution in [-0.2, 0) is 0 Å². The first-order valence-electron chi connectivity index (χ1n) is 3.94. The van der Waals surface area contributed by atoms with Crippen LogP contribution < -0.4 is 0 Å². The zero-order valence-corrected chi connectivity index (χ0v) is 8.61. The van der Waals surface area contributed by atoms with Gasteiger partial charge in [0.15, 0.2) is 0 Å². The van der Waals surface area contributed by atoms with Crippen LogP contribution in [-0.4, -0.2) is 0 Å². The van der Waals surface area contributed by atoms with Crippen molar-refractivity contribution in [3.05, 3.63) is 33.9 Å². The van der Waals surface area contributed by atoms with Crippen molar-refractivity contribution in [2.75, 3.05) is 0 Å². The van der Waals surface area contributed by atoms with E-state index in [0.29, 0.717) is 0 Å². The largest absolute Gasteiger partial charge is 0.0692 e. The van der Waals surface area contributed by atoms with Crippen molar-refractivity contribution in [1.82, 2.24) is 0 Å². The molecule has 0 saturated heterocycles. The maximum Gasteiger partial charge on any atom is 0.0174 e. The molecule has 0 spiro atoms. The summed E-state index contributed by atoms with van der Waals surface area (Å²) in [5.74, 6) is 0. The second kappa shape index (κ2) is 3.91. The Hall–Kier alpha value is -0.300. The maximum atomic E-state index is 3.49. The van der Waals surface area contributed by atoms with Crippen LogP contribution in [0, 0.1) is 0 Å². The van der Waals surface area contributed by atoms with Crippen LogP contribution in [0.5, 0.6) is 0 Å². The molecule has 1 rings (SSSR count).